The molecule has 8 heteroatoms. The van der Waals surface area contributed by atoms with Crippen LogP contribution in [0.15, 0.2) is 33.5 Å². The summed E-state index contributed by atoms with van der Waals surface area (Å²) < 4.78 is 17.9. The molecule has 0 spiro atoms. The molecule has 0 aliphatic carbocycles. The SMILES string of the molecule is Cc1cc2ncnc(-c3cc(Cl)cc4c3O[C@@H](c3onc5c3CNCC5)C4)c2o1. The number of hydrogen-bond donors (Lipinski definition) is 1. The van der Waals surface area contributed by atoms with Crippen LogP contribution in [0.5, 0.6) is 5.75 Å². The van der Waals surface area contributed by atoms with Crippen LogP contribution in [0, 0.1) is 6.92 Å². The van der Waals surface area contributed by atoms with Gasteiger partial charge in [-0.2, -0.15) is 0 Å². The van der Waals surface area contributed by atoms with Crippen LogP contribution in [-0.2, 0) is 19.4 Å². The van der Waals surface area contributed by atoms with E-state index in [1.165, 1.54) is 6.33 Å². The average molecular weight is 409 g/mol. The Morgan fingerprint density at radius 1 is 1.21 bits per heavy atom. The van der Waals surface area contributed by atoms with Crippen molar-refractivity contribution in [1.29, 1.82) is 0 Å². The normalized spacial score (nSPS) is 17.9. The van der Waals surface area contributed by atoms with Crippen molar-refractivity contribution in [2.75, 3.05) is 6.54 Å². The van der Waals surface area contributed by atoms with Crippen molar-refractivity contribution < 1.29 is 13.7 Å². The highest BCUT2D eigenvalue weighted by Crippen LogP contribution is 2.46. The molecule has 6 rings (SSSR count). The summed E-state index contributed by atoms with van der Waals surface area (Å²) in [7, 11) is 0. The molecule has 0 saturated heterocycles. The zero-order valence-electron chi connectivity index (χ0n) is 15.7. The van der Waals surface area contributed by atoms with Crippen LogP contribution in [0.3, 0.4) is 0 Å². The number of rotatable bonds is 2. The van der Waals surface area contributed by atoms with Crippen molar-refractivity contribution in [3.63, 3.8) is 0 Å². The maximum Gasteiger partial charge on any atom is 0.182 e. The number of benzene rings is 1. The van der Waals surface area contributed by atoms with E-state index in [0.717, 1.165) is 64.7 Å². The summed E-state index contributed by atoms with van der Waals surface area (Å²) in [5.41, 5.74) is 5.98. The van der Waals surface area contributed by atoms with Gasteiger partial charge in [-0.05, 0) is 19.1 Å². The van der Waals surface area contributed by atoms with Crippen molar-refractivity contribution in [3.05, 3.63) is 57.9 Å². The summed E-state index contributed by atoms with van der Waals surface area (Å²) in [4.78, 5) is 8.78. The largest absolute Gasteiger partial charge is 0.481 e. The van der Waals surface area contributed by atoms with E-state index < -0.39 is 0 Å². The monoisotopic (exact) mass is 408 g/mol. The van der Waals surface area contributed by atoms with Gasteiger partial charge in [0, 0.05) is 53.7 Å². The van der Waals surface area contributed by atoms with Gasteiger partial charge in [-0.15, -0.1) is 0 Å². The summed E-state index contributed by atoms with van der Waals surface area (Å²) >= 11 is 6.45. The summed E-state index contributed by atoms with van der Waals surface area (Å²) in [5, 5.41) is 8.25. The van der Waals surface area contributed by atoms with Crippen LogP contribution in [0.1, 0.15) is 34.4 Å². The molecule has 0 fully saturated rings. The molecule has 0 saturated carbocycles. The molecule has 2 aliphatic rings. The standard InChI is InChI=1S/C21H17ClN4O3/c1-10-4-16-21(27-10)18(25-9-24-16)13-7-12(22)5-11-6-17(28-19(11)13)20-14-8-23-3-2-15(14)26-29-20/h4-5,7,9,17,23H,2-3,6,8H2,1H3/t17-/m1/s1. The van der Waals surface area contributed by atoms with Crippen LogP contribution >= 0.6 is 11.6 Å². The average Bonchev–Trinajstić information content (AvgIpc) is 3.41. The van der Waals surface area contributed by atoms with Gasteiger partial charge in [0.2, 0.25) is 0 Å². The molecule has 0 unspecified atom stereocenters. The fourth-order valence-corrected chi connectivity index (χ4v) is 4.47. The lowest BCUT2D eigenvalue weighted by Crippen LogP contribution is -2.24. The number of aryl methyl sites for hydroxylation is 1. The molecule has 29 heavy (non-hydrogen) atoms. The lowest BCUT2D eigenvalue weighted by Gasteiger charge is -2.14. The number of nitrogens with zero attached hydrogens (tertiary/aromatic N) is 3. The first kappa shape index (κ1) is 17.0. The van der Waals surface area contributed by atoms with E-state index in [0.29, 0.717) is 22.7 Å². The minimum absolute atomic E-state index is 0.242. The Kier molecular flexibility index (Phi) is 3.69. The van der Waals surface area contributed by atoms with Crippen LogP contribution in [0.2, 0.25) is 5.02 Å². The van der Waals surface area contributed by atoms with Gasteiger partial charge in [0.1, 0.15) is 29.0 Å². The van der Waals surface area contributed by atoms with Crippen molar-refractivity contribution in [3.8, 4) is 17.0 Å². The summed E-state index contributed by atoms with van der Waals surface area (Å²) in [6.45, 7) is 3.55. The highest BCUT2D eigenvalue weighted by atomic mass is 35.5. The fraction of sp³-hybridized carbons (Fsp3) is 0.286. The third-order valence-electron chi connectivity index (χ3n) is 5.52. The summed E-state index contributed by atoms with van der Waals surface area (Å²) in [6, 6.07) is 5.69. The first-order chi connectivity index (χ1) is 14.2. The lowest BCUT2D eigenvalue weighted by atomic mass is 10.0. The van der Waals surface area contributed by atoms with Gasteiger partial charge in [0.15, 0.2) is 17.4 Å². The van der Waals surface area contributed by atoms with Crippen LogP contribution in [-0.4, -0.2) is 21.7 Å². The molecule has 3 aromatic heterocycles. The van der Waals surface area contributed by atoms with Crippen LogP contribution in [0.4, 0.5) is 0 Å². The highest BCUT2D eigenvalue weighted by molar-refractivity contribution is 6.31. The third kappa shape index (κ3) is 2.65. The van der Waals surface area contributed by atoms with E-state index in [-0.39, 0.29) is 6.10 Å². The second kappa shape index (κ2) is 6.30. The predicted octanol–water partition coefficient (Wildman–Crippen LogP) is 4.16. The Labute approximate surface area is 171 Å². The fourth-order valence-electron chi connectivity index (χ4n) is 4.23. The number of fused-ring (bicyclic) bond motifs is 3. The van der Waals surface area contributed by atoms with Crippen molar-refractivity contribution in [2.45, 2.75) is 32.4 Å². The van der Waals surface area contributed by atoms with E-state index in [9.17, 15) is 0 Å². The van der Waals surface area contributed by atoms with Crippen LogP contribution < -0.4 is 10.1 Å². The summed E-state index contributed by atoms with van der Waals surface area (Å²) in [5.74, 6) is 2.31. The molecule has 4 aromatic rings. The molecule has 0 amide bonds. The molecular formula is C21H17ClN4O3. The molecule has 1 N–H and O–H groups in total. The zero-order chi connectivity index (χ0) is 19.5. The maximum absolute atomic E-state index is 6.45. The van der Waals surface area contributed by atoms with Gasteiger partial charge in [-0.3, -0.25) is 0 Å². The second-order valence-electron chi connectivity index (χ2n) is 7.44. The van der Waals surface area contributed by atoms with Gasteiger partial charge in [-0.25, -0.2) is 9.97 Å². The van der Waals surface area contributed by atoms with Crippen molar-refractivity contribution in [1.82, 2.24) is 20.4 Å². The number of halogens is 1. The Hall–Kier alpha value is -2.90. The first-order valence-corrected chi connectivity index (χ1v) is 9.94. The van der Waals surface area contributed by atoms with Gasteiger partial charge in [0.25, 0.3) is 0 Å². The Morgan fingerprint density at radius 3 is 3.07 bits per heavy atom. The van der Waals surface area contributed by atoms with Crippen molar-refractivity contribution in [2.24, 2.45) is 0 Å². The smallest absolute Gasteiger partial charge is 0.182 e. The molecular weight excluding hydrogens is 392 g/mol. The molecule has 1 atom stereocenters. The molecule has 1 aromatic carbocycles. The molecule has 0 bridgehead atoms. The van der Waals surface area contributed by atoms with Gasteiger partial charge < -0.3 is 19.0 Å². The molecule has 2 aliphatic heterocycles. The molecule has 146 valence electrons. The number of furan rings is 1. The van der Waals surface area contributed by atoms with E-state index in [1.54, 1.807) is 0 Å². The lowest BCUT2D eigenvalue weighted by molar-refractivity contribution is 0.189. The maximum atomic E-state index is 6.45. The Morgan fingerprint density at radius 2 is 2.14 bits per heavy atom. The number of ether oxygens (including phenoxy) is 1. The van der Waals surface area contributed by atoms with Gasteiger partial charge >= 0.3 is 0 Å². The van der Waals surface area contributed by atoms with E-state index >= 15 is 0 Å². The first-order valence-electron chi connectivity index (χ1n) is 9.56. The highest BCUT2D eigenvalue weighted by Gasteiger charge is 2.34. The second-order valence-corrected chi connectivity index (χ2v) is 7.88. The zero-order valence-corrected chi connectivity index (χ0v) is 16.4. The Bertz CT molecular complexity index is 1260. The minimum atomic E-state index is -0.242. The van der Waals surface area contributed by atoms with Gasteiger partial charge in [0.05, 0.1) is 5.69 Å². The number of nitrogens with one attached hydrogen (secondary N) is 1. The Balaban J connectivity index is 1.46. The number of hydrogen-bond acceptors (Lipinski definition) is 7. The number of aromatic nitrogens is 3. The minimum Gasteiger partial charge on any atom is -0.481 e. The summed E-state index contributed by atoms with van der Waals surface area (Å²) in [6.07, 6.45) is 2.82. The quantitative estimate of drug-likeness (QED) is 0.532. The van der Waals surface area contributed by atoms with Crippen molar-refractivity contribution >= 4 is 22.7 Å². The molecule has 5 heterocycles. The van der Waals surface area contributed by atoms with E-state index in [1.807, 2.05) is 25.1 Å². The van der Waals surface area contributed by atoms with Gasteiger partial charge in [-0.1, -0.05) is 16.8 Å². The molecule has 0 radical (unpaired) electrons. The molecule has 7 nitrogen and oxygen atoms in total. The third-order valence-corrected chi connectivity index (χ3v) is 5.74. The topological polar surface area (TPSA) is 86.2 Å². The predicted molar refractivity (Wildman–Crippen MR) is 106 cm³/mol. The van der Waals surface area contributed by atoms with Crippen LogP contribution in [0.25, 0.3) is 22.4 Å². The van der Waals surface area contributed by atoms with E-state index in [4.69, 9.17) is 25.3 Å². The van der Waals surface area contributed by atoms with E-state index in [2.05, 4.69) is 20.4 Å².